The number of benzene rings is 2. The molecule has 0 saturated carbocycles. The topological polar surface area (TPSA) is 41.1 Å². The van der Waals surface area contributed by atoms with Crippen LogP contribution >= 0.6 is 23.4 Å². The monoisotopic (exact) mass is 360 g/mol. The zero-order valence-corrected chi connectivity index (χ0v) is 13.4. The highest BCUT2D eigenvalue weighted by Gasteiger charge is 2.17. The molecule has 0 aliphatic heterocycles. The molecule has 1 atom stereocenters. The van der Waals surface area contributed by atoms with E-state index in [9.17, 15) is 18.0 Å². The van der Waals surface area contributed by atoms with E-state index in [1.165, 1.54) is 11.8 Å². The van der Waals surface area contributed by atoms with Gasteiger partial charge in [-0.25, -0.2) is 13.2 Å². The summed E-state index contributed by atoms with van der Waals surface area (Å²) in [5, 5.41) is 0.0824. The molecule has 0 aliphatic rings. The lowest BCUT2D eigenvalue weighted by Crippen LogP contribution is -2.35. The van der Waals surface area contributed by atoms with Gasteiger partial charge < -0.3 is 0 Å². The minimum atomic E-state index is -1.60. The number of hydrazine groups is 1. The molecule has 0 spiro atoms. The quantitative estimate of drug-likeness (QED) is 0.472. The Morgan fingerprint density at radius 3 is 2.39 bits per heavy atom. The molecule has 1 unspecified atom stereocenters. The standard InChI is InChI=1S/C15H12ClF3N2OS/c1-8(23-10-4-2-9(16)3-5-10)15(22)21-20-12-7-6-11(17)13(18)14(12)19/h2-8,20H,1H3,(H,21,22). The van der Waals surface area contributed by atoms with Crippen LogP contribution in [0.2, 0.25) is 5.02 Å². The van der Waals surface area contributed by atoms with Gasteiger partial charge in [-0.2, -0.15) is 0 Å². The number of nitrogens with one attached hydrogen (secondary N) is 2. The summed E-state index contributed by atoms with van der Waals surface area (Å²) in [5.41, 5.74) is 4.13. The van der Waals surface area contributed by atoms with Gasteiger partial charge in [0, 0.05) is 9.92 Å². The van der Waals surface area contributed by atoms with Crippen LogP contribution in [0.4, 0.5) is 18.9 Å². The van der Waals surface area contributed by atoms with E-state index >= 15 is 0 Å². The van der Waals surface area contributed by atoms with Crippen molar-refractivity contribution in [2.75, 3.05) is 5.43 Å². The van der Waals surface area contributed by atoms with Gasteiger partial charge in [0.2, 0.25) is 0 Å². The lowest BCUT2D eigenvalue weighted by atomic mass is 10.3. The maximum atomic E-state index is 13.5. The first kappa shape index (κ1) is 17.5. The largest absolute Gasteiger partial charge is 0.295 e. The highest BCUT2D eigenvalue weighted by Crippen LogP contribution is 2.25. The number of amides is 1. The van der Waals surface area contributed by atoms with Gasteiger partial charge in [-0.1, -0.05) is 11.6 Å². The molecule has 2 N–H and O–H groups in total. The number of carbonyl (C=O) groups excluding carboxylic acids is 1. The number of halogens is 4. The van der Waals surface area contributed by atoms with Crippen LogP contribution in [-0.4, -0.2) is 11.2 Å². The van der Waals surface area contributed by atoms with Crippen LogP contribution in [0, 0.1) is 17.5 Å². The molecule has 1 amide bonds. The molecule has 0 saturated heterocycles. The summed E-state index contributed by atoms with van der Waals surface area (Å²) in [5.74, 6) is -4.75. The number of hydrogen-bond donors (Lipinski definition) is 2. The Bertz CT molecular complexity index is 713. The van der Waals surface area contributed by atoms with Crippen LogP contribution in [0.3, 0.4) is 0 Å². The summed E-state index contributed by atoms with van der Waals surface area (Å²) >= 11 is 7.04. The molecular formula is C15H12ClF3N2OS. The Morgan fingerprint density at radius 1 is 1.09 bits per heavy atom. The predicted octanol–water partition coefficient (Wildman–Crippen LogP) is 4.38. The number of thioether (sulfide) groups is 1. The van der Waals surface area contributed by atoms with Gasteiger partial charge in [0.15, 0.2) is 17.5 Å². The molecule has 0 heterocycles. The first-order chi connectivity index (χ1) is 10.9. The summed E-state index contributed by atoms with van der Waals surface area (Å²) < 4.78 is 39.3. The molecule has 2 aromatic rings. The minimum Gasteiger partial charge on any atom is -0.295 e. The van der Waals surface area contributed by atoms with Crippen molar-refractivity contribution in [3.05, 3.63) is 58.9 Å². The Morgan fingerprint density at radius 2 is 1.74 bits per heavy atom. The molecule has 2 rings (SSSR count). The van der Waals surface area contributed by atoms with Crippen LogP contribution in [0.1, 0.15) is 6.92 Å². The zero-order valence-electron chi connectivity index (χ0n) is 11.9. The van der Waals surface area contributed by atoms with Crippen LogP contribution in [0.15, 0.2) is 41.3 Å². The number of rotatable bonds is 5. The van der Waals surface area contributed by atoms with Crippen LogP contribution in [-0.2, 0) is 4.79 Å². The summed E-state index contributed by atoms with van der Waals surface area (Å²) in [6.07, 6.45) is 0. The van der Waals surface area contributed by atoms with Gasteiger partial charge in [-0.3, -0.25) is 15.6 Å². The molecule has 0 bridgehead atoms. The van der Waals surface area contributed by atoms with E-state index in [2.05, 4.69) is 10.9 Å². The van der Waals surface area contributed by atoms with Crippen molar-refractivity contribution in [1.82, 2.24) is 5.43 Å². The molecule has 0 aliphatic carbocycles. The lowest BCUT2D eigenvalue weighted by Gasteiger charge is -2.14. The fraction of sp³-hybridized carbons (Fsp3) is 0.133. The highest BCUT2D eigenvalue weighted by molar-refractivity contribution is 8.00. The van der Waals surface area contributed by atoms with Crippen molar-refractivity contribution in [3.8, 4) is 0 Å². The van der Waals surface area contributed by atoms with Crippen molar-refractivity contribution in [2.45, 2.75) is 17.1 Å². The van der Waals surface area contributed by atoms with Crippen molar-refractivity contribution in [2.24, 2.45) is 0 Å². The number of carbonyl (C=O) groups is 1. The zero-order chi connectivity index (χ0) is 17.0. The average molecular weight is 361 g/mol. The van der Waals surface area contributed by atoms with Gasteiger partial charge in [-0.15, -0.1) is 11.8 Å². The Kier molecular flexibility index (Phi) is 5.79. The van der Waals surface area contributed by atoms with E-state index in [0.717, 1.165) is 17.0 Å². The third-order valence-corrected chi connectivity index (χ3v) is 4.22. The van der Waals surface area contributed by atoms with E-state index in [-0.39, 0.29) is 5.69 Å². The van der Waals surface area contributed by atoms with E-state index in [0.29, 0.717) is 5.02 Å². The van der Waals surface area contributed by atoms with Crippen molar-refractivity contribution in [3.63, 3.8) is 0 Å². The Hall–Kier alpha value is -1.86. The van der Waals surface area contributed by atoms with E-state index in [1.54, 1.807) is 31.2 Å². The predicted molar refractivity (Wildman–Crippen MR) is 84.9 cm³/mol. The summed E-state index contributed by atoms with van der Waals surface area (Å²) in [7, 11) is 0. The fourth-order valence-electron chi connectivity index (χ4n) is 1.62. The Labute approximate surface area is 140 Å². The second-order valence-corrected chi connectivity index (χ2v) is 6.40. The van der Waals surface area contributed by atoms with Crippen molar-refractivity contribution in [1.29, 1.82) is 0 Å². The molecule has 2 aromatic carbocycles. The normalized spacial score (nSPS) is 11.9. The second-order valence-electron chi connectivity index (χ2n) is 4.55. The first-order valence-electron chi connectivity index (χ1n) is 6.50. The van der Waals surface area contributed by atoms with Crippen LogP contribution in [0.5, 0.6) is 0 Å². The van der Waals surface area contributed by atoms with E-state index in [4.69, 9.17) is 11.6 Å². The number of anilines is 1. The molecular weight excluding hydrogens is 349 g/mol. The molecule has 0 fully saturated rings. The van der Waals surface area contributed by atoms with Gasteiger partial charge in [0.1, 0.15) is 0 Å². The molecule has 3 nitrogen and oxygen atoms in total. The van der Waals surface area contributed by atoms with Crippen molar-refractivity contribution < 1.29 is 18.0 Å². The Balaban J connectivity index is 1.94. The highest BCUT2D eigenvalue weighted by atomic mass is 35.5. The third kappa shape index (κ3) is 4.56. The van der Waals surface area contributed by atoms with Gasteiger partial charge in [0.25, 0.3) is 5.91 Å². The van der Waals surface area contributed by atoms with E-state index in [1.807, 2.05) is 0 Å². The SMILES string of the molecule is CC(Sc1ccc(Cl)cc1)C(=O)NNc1ccc(F)c(F)c1F. The van der Waals surface area contributed by atoms with Gasteiger partial charge in [0.05, 0.1) is 10.9 Å². The van der Waals surface area contributed by atoms with Crippen molar-refractivity contribution >= 4 is 35.0 Å². The molecule has 0 aromatic heterocycles. The number of hydrogen-bond acceptors (Lipinski definition) is 3. The van der Waals surface area contributed by atoms with Crippen LogP contribution < -0.4 is 10.9 Å². The average Bonchev–Trinajstić information content (AvgIpc) is 2.53. The molecule has 0 radical (unpaired) electrons. The maximum Gasteiger partial charge on any atom is 0.251 e. The van der Waals surface area contributed by atoms with Gasteiger partial charge >= 0.3 is 0 Å². The first-order valence-corrected chi connectivity index (χ1v) is 7.76. The molecule has 8 heteroatoms. The fourth-order valence-corrected chi connectivity index (χ4v) is 2.62. The lowest BCUT2D eigenvalue weighted by molar-refractivity contribution is -0.119. The van der Waals surface area contributed by atoms with Crippen LogP contribution in [0.25, 0.3) is 0 Å². The maximum absolute atomic E-state index is 13.5. The molecule has 23 heavy (non-hydrogen) atoms. The smallest absolute Gasteiger partial charge is 0.251 e. The summed E-state index contributed by atoms with van der Waals surface area (Å²) in [4.78, 5) is 12.8. The second kappa shape index (κ2) is 7.61. The minimum absolute atomic E-state index is 0.360. The summed E-state index contributed by atoms with van der Waals surface area (Å²) in [6, 6.07) is 8.68. The van der Waals surface area contributed by atoms with E-state index < -0.39 is 28.6 Å². The van der Waals surface area contributed by atoms with Gasteiger partial charge in [-0.05, 0) is 43.3 Å². The third-order valence-electron chi connectivity index (χ3n) is 2.85. The summed E-state index contributed by atoms with van der Waals surface area (Å²) in [6.45, 7) is 1.65. The molecule has 122 valence electrons.